The highest BCUT2D eigenvalue weighted by Gasteiger charge is 1.82. The van der Waals surface area contributed by atoms with Gasteiger partial charge >= 0.3 is 0 Å². The molecule has 0 aromatic carbocycles. The average molecular weight is 119 g/mol. The van der Waals surface area contributed by atoms with Gasteiger partial charge in [0.05, 0.1) is 0 Å². The summed E-state index contributed by atoms with van der Waals surface area (Å²) < 4.78 is 0. The Hall–Kier alpha value is -0.810. The monoisotopic (exact) mass is 119 g/mol. The molecule has 4 N–H and O–H groups in total. The lowest BCUT2D eigenvalue weighted by Crippen LogP contribution is -2.31. The summed E-state index contributed by atoms with van der Waals surface area (Å²) in [5.41, 5.74) is 7.22. The van der Waals surface area contributed by atoms with Crippen LogP contribution in [0.4, 0.5) is 0 Å². The summed E-state index contributed by atoms with van der Waals surface area (Å²) in [7, 11) is 1.50. The van der Waals surface area contributed by atoms with Gasteiger partial charge in [-0.25, -0.2) is 10.3 Å². The number of hydroxylamine groups is 1. The van der Waals surface area contributed by atoms with Gasteiger partial charge in [0.25, 0.3) is 0 Å². The van der Waals surface area contributed by atoms with Crippen LogP contribution in [0.1, 0.15) is 0 Å². The van der Waals surface area contributed by atoms with Crippen molar-refractivity contribution < 1.29 is 9.94 Å². The number of hydrogen-bond donors (Lipinski definition) is 3. The van der Waals surface area contributed by atoms with Gasteiger partial charge in [-0.1, -0.05) is 0 Å². The van der Waals surface area contributed by atoms with Gasteiger partial charge < -0.3 is 10.8 Å². The molecule has 0 bridgehead atoms. The molecule has 5 heteroatoms. The van der Waals surface area contributed by atoms with Crippen molar-refractivity contribution in [2.24, 2.45) is 10.7 Å². The maximum Gasteiger partial charge on any atom is 0.212 e. The van der Waals surface area contributed by atoms with Gasteiger partial charge in [0.1, 0.15) is 0 Å². The molecule has 0 saturated carbocycles. The predicted molar refractivity (Wildman–Crippen MR) is 28.9 cm³/mol. The van der Waals surface area contributed by atoms with E-state index in [1.165, 1.54) is 7.05 Å². The molecule has 0 rings (SSSR count). The second-order valence-electron chi connectivity index (χ2n) is 0.984. The van der Waals surface area contributed by atoms with Gasteiger partial charge in [0.2, 0.25) is 5.96 Å². The van der Waals surface area contributed by atoms with Gasteiger partial charge in [-0.3, -0.25) is 4.99 Å². The molecule has 8 heavy (non-hydrogen) atoms. The minimum atomic E-state index is -0.420. The van der Waals surface area contributed by atoms with Crippen LogP contribution in [0, 0.1) is 0 Å². The molecular formula is C3H9N3O2. The molecular weight excluding hydrogens is 110 g/mol. The quantitative estimate of drug-likeness (QED) is 0.177. The summed E-state index contributed by atoms with van der Waals surface area (Å²) in [6.07, 6.45) is 0. The minimum absolute atomic E-state index is 0.138. The fourth-order valence-corrected chi connectivity index (χ4v) is 0.152. The second kappa shape index (κ2) is 4.35. The minimum Gasteiger partial charge on any atom is -0.368 e. The first-order valence-electron chi connectivity index (χ1n) is 2.02. The zero-order chi connectivity index (χ0) is 6.41. The molecule has 0 aromatic rings. The van der Waals surface area contributed by atoms with Crippen LogP contribution in [0.2, 0.25) is 0 Å². The Bertz CT molecular complexity index is 82.6. The average Bonchev–Trinajstić information content (AvgIpc) is 1.83. The first-order valence-corrected chi connectivity index (χ1v) is 2.02. The van der Waals surface area contributed by atoms with Gasteiger partial charge in [-0.05, 0) is 0 Å². The van der Waals surface area contributed by atoms with Crippen molar-refractivity contribution in [2.75, 3.05) is 13.8 Å². The molecule has 0 unspecified atom stereocenters. The van der Waals surface area contributed by atoms with E-state index >= 15 is 0 Å². The summed E-state index contributed by atoms with van der Waals surface area (Å²) in [6.45, 7) is -0.420. The van der Waals surface area contributed by atoms with E-state index in [2.05, 4.69) is 15.3 Å². The van der Waals surface area contributed by atoms with Crippen LogP contribution in [0.25, 0.3) is 0 Å². The Morgan fingerprint density at radius 3 is 3.00 bits per heavy atom. The highest BCUT2D eigenvalue weighted by molar-refractivity contribution is 5.76. The van der Waals surface area contributed by atoms with Crippen LogP contribution in [0.15, 0.2) is 4.99 Å². The van der Waals surface area contributed by atoms with E-state index in [-0.39, 0.29) is 5.96 Å². The van der Waals surface area contributed by atoms with E-state index in [9.17, 15) is 0 Å². The number of hydrogen-bond acceptors (Lipinski definition) is 3. The Morgan fingerprint density at radius 1 is 2.00 bits per heavy atom. The Kier molecular flexibility index (Phi) is 3.91. The van der Waals surface area contributed by atoms with Crippen molar-refractivity contribution in [2.45, 2.75) is 0 Å². The van der Waals surface area contributed by atoms with E-state index in [0.29, 0.717) is 0 Å². The first kappa shape index (κ1) is 7.19. The Morgan fingerprint density at radius 2 is 2.62 bits per heavy atom. The lowest BCUT2D eigenvalue weighted by molar-refractivity contribution is -0.0349. The Labute approximate surface area is 47.1 Å². The molecule has 0 amide bonds. The topological polar surface area (TPSA) is 79.9 Å². The third-order valence-corrected chi connectivity index (χ3v) is 0.482. The van der Waals surface area contributed by atoms with Crippen LogP contribution in [-0.2, 0) is 4.84 Å². The van der Waals surface area contributed by atoms with E-state index < -0.39 is 6.79 Å². The molecule has 0 radical (unpaired) electrons. The highest BCUT2D eigenvalue weighted by atomic mass is 16.7. The zero-order valence-electron chi connectivity index (χ0n) is 4.59. The van der Waals surface area contributed by atoms with Gasteiger partial charge in [0, 0.05) is 7.05 Å². The van der Waals surface area contributed by atoms with Crippen LogP contribution in [0.3, 0.4) is 0 Å². The van der Waals surface area contributed by atoms with Crippen molar-refractivity contribution in [3.05, 3.63) is 0 Å². The number of aliphatic hydroxyl groups excluding tert-OH is 1. The molecule has 0 aliphatic carbocycles. The number of aliphatic hydroxyl groups is 1. The van der Waals surface area contributed by atoms with E-state index in [0.717, 1.165) is 0 Å². The largest absolute Gasteiger partial charge is 0.368 e. The molecule has 0 aliphatic heterocycles. The summed E-state index contributed by atoms with van der Waals surface area (Å²) >= 11 is 0. The molecule has 5 nitrogen and oxygen atoms in total. The molecule has 0 heterocycles. The predicted octanol–water partition coefficient (Wildman–Crippen LogP) is -1.60. The Balaban J connectivity index is 3.12. The van der Waals surface area contributed by atoms with Crippen LogP contribution in [0.5, 0.6) is 0 Å². The number of aliphatic imine (C=N–C) groups is 1. The fraction of sp³-hybridized carbons (Fsp3) is 0.667. The number of rotatable bonds is 2. The van der Waals surface area contributed by atoms with Crippen LogP contribution >= 0.6 is 0 Å². The lowest BCUT2D eigenvalue weighted by atomic mass is 11.0. The molecule has 48 valence electrons. The van der Waals surface area contributed by atoms with E-state index in [1.54, 1.807) is 0 Å². The highest BCUT2D eigenvalue weighted by Crippen LogP contribution is 1.59. The molecule has 0 saturated heterocycles. The smallest absolute Gasteiger partial charge is 0.212 e. The SMILES string of the molecule is CN=C(N)NOCO. The van der Waals surface area contributed by atoms with Crippen molar-refractivity contribution >= 4 is 5.96 Å². The maximum absolute atomic E-state index is 8.02. The van der Waals surface area contributed by atoms with Gasteiger partial charge in [-0.15, -0.1) is 0 Å². The summed E-state index contributed by atoms with van der Waals surface area (Å²) in [6, 6.07) is 0. The first-order chi connectivity index (χ1) is 3.81. The molecule has 0 fully saturated rings. The molecule has 0 aromatic heterocycles. The van der Waals surface area contributed by atoms with Crippen LogP contribution in [-0.4, -0.2) is 24.9 Å². The normalized spacial score (nSPS) is 11.5. The number of guanidine groups is 1. The van der Waals surface area contributed by atoms with Crippen molar-refractivity contribution in [3.8, 4) is 0 Å². The second-order valence-corrected chi connectivity index (χ2v) is 0.984. The summed E-state index contributed by atoms with van der Waals surface area (Å²) in [5, 5.41) is 8.02. The van der Waals surface area contributed by atoms with E-state index in [4.69, 9.17) is 10.8 Å². The van der Waals surface area contributed by atoms with Gasteiger partial charge in [-0.2, -0.15) is 0 Å². The maximum atomic E-state index is 8.02. The fourth-order valence-electron chi connectivity index (χ4n) is 0.152. The van der Waals surface area contributed by atoms with Crippen molar-refractivity contribution in [1.29, 1.82) is 0 Å². The number of nitrogens with two attached hydrogens (primary N) is 1. The molecule has 0 aliphatic rings. The van der Waals surface area contributed by atoms with Crippen molar-refractivity contribution in [3.63, 3.8) is 0 Å². The lowest BCUT2D eigenvalue weighted by Gasteiger charge is -1.99. The molecule has 0 spiro atoms. The standard InChI is InChI=1S/C3H9N3O2/c1-5-3(4)6-8-2-7/h7H,2H2,1H3,(H3,4,5,6). The van der Waals surface area contributed by atoms with E-state index in [1.807, 2.05) is 0 Å². The number of nitrogens with zero attached hydrogens (tertiary/aromatic N) is 1. The third-order valence-electron chi connectivity index (χ3n) is 0.482. The molecule has 0 atom stereocenters. The van der Waals surface area contributed by atoms with Crippen molar-refractivity contribution in [1.82, 2.24) is 5.48 Å². The third kappa shape index (κ3) is 3.38. The number of nitrogens with one attached hydrogen (secondary N) is 1. The van der Waals surface area contributed by atoms with Gasteiger partial charge in [0.15, 0.2) is 6.79 Å². The summed E-state index contributed by atoms with van der Waals surface area (Å²) in [4.78, 5) is 7.71. The summed E-state index contributed by atoms with van der Waals surface area (Å²) in [5.74, 6) is 0.138. The zero-order valence-corrected chi connectivity index (χ0v) is 4.59. The van der Waals surface area contributed by atoms with Crippen LogP contribution < -0.4 is 11.2 Å².